The van der Waals surface area contributed by atoms with E-state index in [1.807, 2.05) is 0 Å². The van der Waals surface area contributed by atoms with Crippen LogP contribution in [0.3, 0.4) is 0 Å². The summed E-state index contributed by atoms with van der Waals surface area (Å²) in [5.74, 6) is -0.797. The third-order valence-corrected chi connectivity index (χ3v) is 1.77. The van der Waals surface area contributed by atoms with Crippen LogP contribution in [0.15, 0.2) is 11.8 Å². The molecule has 1 rings (SSSR count). The van der Waals surface area contributed by atoms with Crippen LogP contribution in [0.2, 0.25) is 5.02 Å². The summed E-state index contributed by atoms with van der Waals surface area (Å²) in [6.45, 7) is 0. The Kier molecular flexibility index (Phi) is 2.89. The molecule has 0 aliphatic carbocycles. The molecule has 0 aliphatic rings. The lowest BCUT2D eigenvalue weighted by molar-refractivity contribution is -0.114. The van der Waals surface area contributed by atoms with Gasteiger partial charge in [0.1, 0.15) is 17.3 Å². The van der Waals surface area contributed by atoms with Gasteiger partial charge in [-0.25, -0.2) is 0 Å². The lowest BCUT2D eigenvalue weighted by Gasteiger charge is -1.89. The molecule has 0 unspecified atom stereocenters. The minimum Gasteiger partial charge on any atom is -0.365 e. The molecule has 1 amide bonds. The average Bonchev–Trinajstić information content (AvgIpc) is 2.40. The van der Waals surface area contributed by atoms with Crippen molar-refractivity contribution >= 4 is 23.6 Å². The predicted molar refractivity (Wildman–Crippen MR) is 51.0 cm³/mol. The molecule has 72 valence electrons. The van der Waals surface area contributed by atoms with Gasteiger partial charge in [0.15, 0.2) is 0 Å². The van der Waals surface area contributed by atoms with E-state index in [-0.39, 0.29) is 5.57 Å². The second-order valence-electron chi connectivity index (χ2n) is 2.57. The molecule has 0 fully saturated rings. The highest BCUT2D eigenvalue weighted by Gasteiger charge is 2.07. The van der Waals surface area contributed by atoms with Crippen molar-refractivity contribution in [2.24, 2.45) is 12.8 Å². The van der Waals surface area contributed by atoms with Gasteiger partial charge in [-0.05, 0) is 6.08 Å². The number of hydrogen-bond acceptors (Lipinski definition) is 3. The smallest absolute Gasteiger partial charge is 0.259 e. The van der Waals surface area contributed by atoms with Gasteiger partial charge in [0, 0.05) is 13.2 Å². The summed E-state index contributed by atoms with van der Waals surface area (Å²) < 4.78 is 1.48. The standard InChI is InChI=1S/C8H7ClN4O/c1-13-4-6(9)7(12-13)2-5(3-10)8(11)14/h2,4H,1H3,(H2,11,14). The molecule has 1 aromatic rings. The van der Waals surface area contributed by atoms with Crippen LogP contribution in [0.1, 0.15) is 5.69 Å². The molecule has 6 heteroatoms. The van der Waals surface area contributed by atoms with E-state index >= 15 is 0 Å². The maximum atomic E-state index is 10.7. The first-order valence-electron chi connectivity index (χ1n) is 3.65. The molecule has 2 N–H and O–H groups in total. The van der Waals surface area contributed by atoms with E-state index < -0.39 is 5.91 Å². The number of nitrogens with two attached hydrogens (primary N) is 1. The molecule has 0 aliphatic heterocycles. The molecule has 0 saturated heterocycles. The van der Waals surface area contributed by atoms with Crippen LogP contribution in [-0.2, 0) is 11.8 Å². The van der Waals surface area contributed by atoms with Crippen molar-refractivity contribution in [1.29, 1.82) is 5.26 Å². The molecule has 1 aromatic heterocycles. The van der Waals surface area contributed by atoms with Crippen molar-refractivity contribution in [2.75, 3.05) is 0 Å². The molecule has 1 heterocycles. The van der Waals surface area contributed by atoms with Crippen LogP contribution in [0, 0.1) is 11.3 Å². The Morgan fingerprint density at radius 2 is 2.50 bits per heavy atom. The zero-order valence-electron chi connectivity index (χ0n) is 7.36. The SMILES string of the molecule is Cn1cc(Cl)c(C=C(C#N)C(N)=O)n1. The minimum atomic E-state index is -0.797. The molecule has 0 spiro atoms. The van der Waals surface area contributed by atoms with Gasteiger partial charge in [0.25, 0.3) is 5.91 Å². The summed E-state index contributed by atoms with van der Waals surface area (Å²) in [5, 5.41) is 12.9. The summed E-state index contributed by atoms with van der Waals surface area (Å²) in [5.41, 5.74) is 5.12. The normalized spacial score (nSPS) is 11.1. The van der Waals surface area contributed by atoms with E-state index in [1.54, 1.807) is 19.3 Å². The Bertz CT molecular complexity index is 441. The molecule has 0 radical (unpaired) electrons. The van der Waals surface area contributed by atoms with Gasteiger partial charge in [0.2, 0.25) is 0 Å². The van der Waals surface area contributed by atoms with Crippen LogP contribution >= 0.6 is 11.6 Å². The van der Waals surface area contributed by atoms with E-state index in [4.69, 9.17) is 22.6 Å². The number of carbonyl (C=O) groups excluding carboxylic acids is 1. The number of halogens is 1. The van der Waals surface area contributed by atoms with Crippen molar-refractivity contribution in [3.05, 3.63) is 22.5 Å². The fraction of sp³-hybridized carbons (Fsp3) is 0.125. The predicted octanol–water partition coefficient (Wildman–Crippen LogP) is 0.466. The Balaban J connectivity index is 3.14. The molecule has 0 bridgehead atoms. The number of aryl methyl sites for hydroxylation is 1. The Labute approximate surface area is 85.4 Å². The quantitative estimate of drug-likeness (QED) is 0.569. The molecule has 0 saturated carbocycles. The summed E-state index contributed by atoms with van der Waals surface area (Å²) >= 11 is 5.76. The van der Waals surface area contributed by atoms with Crippen LogP contribution in [-0.4, -0.2) is 15.7 Å². The van der Waals surface area contributed by atoms with Crippen molar-refractivity contribution in [3.8, 4) is 6.07 Å². The summed E-state index contributed by atoms with van der Waals surface area (Å²) in [4.78, 5) is 10.7. The number of aromatic nitrogens is 2. The number of primary amides is 1. The van der Waals surface area contributed by atoms with E-state index in [0.29, 0.717) is 10.7 Å². The second kappa shape index (κ2) is 3.94. The largest absolute Gasteiger partial charge is 0.365 e. The highest BCUT2D eigenvalue weighted by Crippen LogP contribution is 2.16. The molecule has 0 atom stereocenters. The fourth-order valence-corrected chi connectivity index (χ4v) is 1.10. The van der Waals surface area contributed by atoms with Crippen LogP contribution in [0.25, 0.3) is 6.08 Å². The number of nitrogens with zero attached hydrogens (tertiary/aromatic N) is 3. The van der Waals surface area contributed by atoms with Gasteiger partial charge in [-0.15, -0.1) is 0 Å². The fourth-order valence-electron chi connectivity index (χ4n) is 0.870. The number of hydrogen-bond donors (Lipinski definition) is 1. The van der Waals surface area contributed by atoms with Gasteiger partial charge in [-0.1, -0.05) is 11.6 Å². The Morgan fingerprint density at radius 1 is 1.86 bits per heavy atom. The highest BCUT2D eigenvalue weighted by atomic mass is 35.5. The first-order valence-corrected chi connectivity index (χ1v) is 4.03. The van der Waals surface area contributed by atoms with Gasteiger partial charge < -0.3 is 5.73 Å². The first-order chi connectivity index (χ1) is 6.54. The average molecular weight is 211 g/mol. The van der Waals surface area contributed by atoms with E-state index in [2.05, 4.69) is 5.10 Å². The van der Waals surface area contributed by atoms with Crippen LogP contribution < -0.4 is 5.73 Å². The van der Waals surface area contributed by atoms with E-state index in [1.165, 1.54) is 10.8 Å². The second-order valence-corrected chi connectivity index (χ2v) is 2.98. The zero-order valence-corrected chi connectivity index (χ0v) is 8.12. The third kappa shape index (κ3) is 2.12. The maximum Gasteiger partial charge on any atom is 0.259 e. The van der Waals surface area contributed by atoms with E-state index in [9.17, 15) is 4.79 Å². The number of carbonyl (C=O) groups is 1. The van der Waals surface area contributed by atoms with Crippen molar-refractivity contribution in [3.63, 3.8) is 0 Å². The molecule has 14 heavy (non-hydrogen) atoms. The van der Waals surface area contributed by atoms with E-state index in [0.717, 1.165) is 0 Å². The highest BCUT2D eigenvalue weighted by molar-refractivity contribution is 6.32. The molecular formula is C8H7ClN4O. The lowest BCUT2D eigenvalue weighted by atomic mass is 10.2. The van der Waals surface area contributed by atoms with Gasteiger partial charge in [0.05, 0.1) is 5.02 Å². The van der Waals surface area contributed by atoms with Gasteiger partial charge in [-0.2, -0.15) is 10.4 Å². The topological polar surface area (TPSA) is 84.7 Å². The molecular weight excluding hydrogens is 204 g/mol. The van der Waals surface area contributed by atoms with Crippen molar-refractivity contribution < 1.29 is 4.79 Å². The van der Waals surface area contributed by atoms with Crippen molar-refractivity contribution in [2.45, 2.75) is 0 Å². The summed E-state index contributed by atoms with van der Waals surface area (Å²) in [6, 6.07) is 1.67. The van der Waals surface area contributed by atoms with Crippen LogP contribution in [0.5, 0.6) is 0 Å². The number of rotatable bonds is 2. The van der Waals surface area contributed by atoms with Gasteiger partial charge in [-0.3, -0.25) is 9.48 Å². The first kappa shape index (κ1) is 10.3. The zero-order chi connectivity index (χ0) is 10.7. The van der Waals surface area contributed by atoms with Crippen LogP contribution in [0.4, 0.5) is 0 Å². The molecule has 0 aromatic carbocycles. The summed E-state index contributed by atoms with van der Waals surface area (Å²) in [6.07, 6.45) is 2.81. The van der Waals surface area contributed by atoms with Gasteiger partial charge >= 0.3 is 0 Å². The molecule has 5 nitrogen and oxygen atoms in total. The Morgan fingerprint density at radius 3 is 2.86 bits per heavy atom. The summed E-state index contributed by atoms with van der Waals surface area (Å²) in [7, 11) is 1.68. The monoisotopic (exact) mass is 210 g/mol. The number of nitriles is 1. The third-order valence-electron chi connectivity index (χ3n) is 1.48. The lowest BCUT2D eigenvalue weighted by Crippen LogP contribution is -2.12. The number of amides is 1. The maximum absolute atomic E-state index is 10.7. The Hall–Kier alpha value is -1.80. The van der Waals surface area contributed by atoms with Crippen molar-refractivity contribution in [1.82, 2.24) is 9.78 Å². The minimum absolute atomic E-state index is 0.175.